The first-order valence-electron chi connectivity index (χ1n) is 10.8. The number of nitrogens with zero attached hydrogens (tertiary/aromatic N) is 2. The molecule has 3 rings (SSSR count). The molecule has 0 aliphatic heterocycles. The van der Waals surface area contributed by atoms with Crippen molar-refractivity contribution in [2.24, 2.45) is 0 Å². The van der Waals surface area contributed by atoms with Gasteiger partial charge in [-0.05, 0) is 57.0 Å². The number of nitrogens with one attached hydrogen (secondary N) is 1. The van der Waals surface area contributed by atoms with Crippen LogP contribution in [0.25, 0.3) is 17.1 Å². The molecule has 2 aromatic carbocycles. The lowest BCUT2D eigenvalue weighted by Gasteiger charge is -2.17. The molecule has 0 saturated heterocycles. The number of imidazole rings is 1. The number of para-hydroxylation sites is 2. The normalized spacial score (nSPS) is 12.1. The summed E-state index contributed by atoms with van der Waals surface area (Å²) in [5, 5.41) is 2.97. The second-order valence-electron chi connectivity index (χ2n) is 7.70. The SMILES string of the molecule is C=C(C)C(=O)NC(C)c1nc2ccccc2n1CCCOc1ccc(/C=C/C)cc1OC. The third kappa shape index (κ3) is 5.38. The molecule has 0 saturated carbocycles. The van der Waals surface area contributed by atoms with Gasteiger partial charge in [-0.3, -0.25) is 4.79 Å². The largest absolute Gasteiger partial charge is 0.493 e. The number of carbonyl (C=O) groups excluding carboxylic acids is 1. The van der Waals surface area contributed by atoms with Crippen molar-refractivity contribution >= 4 is 23.0 Å². The maximum absolute atomic E-state index is 12.1. The van der Waals surface area contributed by atoms with Crippen LogP contribution in [0.3, 0.4) is 0 Å². The molecule has 0 bridgehead atoms. The van der Waals surface area contributed by atoms with Gasteiger partial charge in [0.2, 0.25) is 5.91 Å². The molecule has 168 valence electrons. The number of fused-ring (bicyclic) bond motifs is 1. The Bertz CT molecular complexity index is 1130. The highest BCUT2D eigenvalue weighted by Gasteiger charge is 2.18. The number of hydrogen-bond acceptors (Lipinski definition) is 4. The fourth-order valence-corrected chi connectivity index (χ4v) is 3.55. The highest BCUT2D eigenvalue weighted by Crippen LogP contribution is 2.29. The van der Waals surface area contributed by atoms with Crippen molar-refractivity contribution in [3.63, 3.8) is 0 Å². The van der Waals surface area contributed by atoms with Crippen LogP contribution in [0.15, 0.2) is 60.7 Å². The van der Waals surface area contributed by atoms with Crippen LogP contribution in [0.1, 0.15) is 44.6 Å². The Morgan fingerprint density at radius 2 is 2.03 bits per heavy atom. The van der Waals surface area contributed by atoms with E-state index in [4.69, 9.17) is 14.5 Å². The zero-order valence-electron chi connectivity index (χ0n) is 19.2. The molecule has 1 N–H and O–H groups in total. The van der Waals surface area contributed by atoms with Gasteiger partial charge >= 0.3 is 0 Å². The Morgan fingerprint density at radius 3 is 2.75 bits per heavy atom. The molecule has 0 fully saturated rings. The second kappa shape index (κ2) is 10.7. The Morgan fingerprint density at radius 1 is 1.25 bits per heavy atom. The molecule has 1 atom stereocenters. The molecule has 6 nitrogen and oxygen atoms in total. The molecular formula is C26H31N3O3. The van der Waals surface area contributed by atoms with Gasteiger partial charge in [-0.15, -0.1) is 0 Å². The van der Waals surface area contributed by atoms with Crippen LogP contribution in [0.2, 0.25) is 0 Å². The van der Waals surface area contributed by atoms with Crippen molar-refractivity contribution in [3.05, 3.63) is 72.1 Å². The van der Waals surface area contributed by atoms with Gasteiger partial charge in [-0.25, -0.2) is 4.98 Å². The van der Waals surface area contributed by atoms with E-state index in [0.29, 0.717) is 24.5 Å². The summed E-state index contributed by atoms with van der Waals surface area (Å²) in [4.78, 5) is 16.9. The summed E-state index contributed by atoms with van der Waals surface area (Å²) in [5.41, 5.74) is 3.48. The molecule has 0 radical (unpaired) electrons. The summed E-state index contributed by atoms with van der Waals surface area (Å²) < 4.78 is 13.6. The van der Waals surface area contributed by atoms with Gasteiger partial charge in [0.15, 0.2) is 11.5 Å². The second-order valence-corrected chi connectivity index (χ2v) is 7.70. The Labute approximate surface area is 189 Å². The van der Waals surface area contributed by atoms with E-state index >= 15 is 0 Å². The van der Waals surface area contributed by atoms with Gasteiger partial charge in [-0.1, -0.05) is 36.9 Å². The molecule has 1 unspecified atom stereocenters. The van der Waals surface area contributed by atoms with Crippen LogP contribution in [0.5, 0.6) is 11.5 Å². The number of hydrogen-bond donors (Lipinski definition) is 1. The van der Waals surface area contributed by atoms with Crippen LogP contribution in [-0.2, 0) is 11.3 Å². The fourth-order valence-electron chi connectivity index (χ4n) is 3.55. The lowest BCUT2D eigenvalue weighted by Crippen LogP contribution is -2.29. The molecule has 1 aromatic heterocycles. The number of amides is 1. The van der Waals surface area contributed by atoms with E-state index in [1.807, 2.05) is 68.5 Å². The topological polar surface area (TPSA) is 65.4 Å². The highest BCUT2D eigenvalue weighted by atomic mass is 16.5. The number of ether oxygens (including phenoxy) is 2. The van der Waals surface area contributed by atoms with Crippen molar-refractivity contribution in [2.75, 3.05) is 13.7 Å². The summed E-state index contributed by atoms with van der Waals surface area (Å²) in [6.45, 7) is 10.6. The van der Waals surface area contributed by atoms with Crippen molar-refractivity contribution < 1.29 is 14.3 Å². The lowest BCUT2D eigenvalue weighted by molar-refractivity contribution is -0.118. The average Bonchev–Trinajstić information content (AvgIpc) is 3.16. The molecule has 3 aromatic rings. The maximum Gasteiger partial charge on any atom is 0.246 e. The minimum absolute atomic E-state index is 0.173. The van der Waals surface area contributed by atoms with Gasteiger partial charge in [0, 0.05) is 12.1 Å². The monoisotopic (exact) mass is 433 g/mol. The van der Waals surface area contributed by atoms with Crippen molar-refractivity contribution in [3.8, 4) is 11.5 Å². The number of aromatic nitrogens is 2. The van der Waals surface area contributed by atoms with Gasteiger partial charge in [-0.2, -0.15) is 0 Å². The first kappa shape index (κ1) is 23.1. The molecule has 6 heteroatoms. The number of carbonyl (C=O) groups is 1. The predicted octanol–water partition coefficient (Wildman–Crippen LogP) is 5.30. The smallest absolute Gasteiger partial charge is 0.246 e. The number of methoxy groups -OCH3 is 1. The summed E-state index contributed by atoms with van der Waals surface area (Å²) in [5.74, 6) is 2.08. The standard InChI is InChI=1S/C26H31N3O3/c1-6-10-20-13-14-23(24(17-20)31-5)32-16-9-15-29-22-12-8-7-11-21(22)28-25(29)19(4)27-26(30)18(2)3/h6-8,10-14,17,19H,2,9,15-16H2,1,3-5H3,(H,27,30)/b10-6+. The third-order valence-electron chi connectivity index (χ3n) is 5.14. The zero-order valence-corrected chi connectivity index (χ0v) is 19.2. The van der Waals surface area contributed by atoms with Gasteiger partial charge in [0.1, 0.15) is 5.82 Å². The Balaban J connectivity index is 1.72. The van der Waals surface area contributed by atoms with Gasteiger partial charge in [0.25, 0.3) is 0 Å². The lowest BCUT2D eigenvalue weighted by atomic mass is 10.2. The van der Waals surface area contributed by atoms with E-state index in [1.54, 1.807) is 14.0 Å². The minimum Gasteiger partial charge on any atom is -0.493 e. The summed E-state index contributed by atoms with van der Waals surface area (Å²) in [6, 6.07) is 13.6. The Hall–Kier alpha value is -3.54. The first-order chi connectivity index (χ1) is 15.4. The number of allylic oxidation sites excluding steroid dienone is 1. The number of aryl methyl sites for hydroxylation is 1. The third-order valence-corrected chi connectivity index (χ3v) is 5.14. The van der Waals surface area contributed by atoms with E-state index in [0.717, 1.165) is 34.6 Å². The van der Waals surface area contributed by atoms with Crippen LogP contribution >= 0.6 is 0 Å². The molecule has 1 heterocycles. The summed E-state index contributed by atoms with van der Waals surface area (Å²) in [7, 11) is 1.65. The van der Waals surface area contributed by atoms with E-state index < -0.39 is 0 Å². The maximum atomic E-state index is 12.1. The van der Waals surface area contributed by atoms with Crippen molar-refractivity contribution in [1.29, 1.82) is 0 Å². The van der Waals surface area contributed by atoms with Gasteiger partial charge in [0.05, 0.1) is 30.8 Å². The van der Waals surface area contributed by atoms with Crippen LogP contribution < -0.4 is 14.8 Å². The van der Waals surface area contributed by atoms with E-state index in [-0.39, 0.29) is 11.9 Å². The van der Waals surface area contributed by atoms with E-state index in [9.17, 15) is 4.79 Å². The van der Waals surface area contributed by atoms with Crippen LogP contribution in [-0.4, -0.2) is 29.2 Å². The quantitative estimate of drug-likeness (QED) is 0.348. The van der Waals surface area contributed by atoms with Crippen LogP contribution in [0.4, 0.5) is 0 Å². The predicted molar refractivity (Wildman–Crippen MR) is 129 cm³/mol. The number of rotatable bonds is 10. The Kier molecular flexibility index (Phi) is 7.71. The van der Waals surface area contributed by atoms with Crippen molar-refractivity contribution in [2.45, 2.75) is 39.8 Å². The van der Waals surface area contributed by atoms with E-state index in [2.05, 4.69) is 16.5 Å². The van der Waals surface area contributed by atoms with E-state index in [1.165, 1.54) is 0 Å². The summed E-state index contributed by atoms with van der Waals surface area (Å²) in [6.07, 6.45) is 4.78. The summed E-state index contributed by atoms with van der Waals surface area (Å²) >= 11 is 0. The molecule has 0 spiro atoms. The molecule has 0 aliphatic carbocycles. The fraction of sp³-hybridized carbons (Fsp3) is 0.308. The minimum atomic E-state index is -0.244. The molecule has 32 heavy (non-hydrogen) atoms. The first-order valence-corrected chi connectivity index (χ1v) is 10.8. The van der Waals surface area contributed by atoms with Crippen molar-refractivity contribution in [1.82, 2.24) is 14.9 Å². The molecule has 1 amide bonds. The zero-order chi connectivity index (χ0) is 23.1. The average molecular weight is 434 g/mol. The highest BCUT2D eigenvalue weighted by molar-refractivity contribution is 5.92. The number of benzene rings is 2. The molecular weight excluding hydrogens is 402 g/mol. The molecule has 0 aliphatic rings. The van der Waals surface area contributed by atoms with Gasteiger partial charge < -0.3 is 19.4 Å². The van der Waals surface area contributed by atoms with Crippen LogP contribution in [0, 0.1) is 0 Å².